The molecule has 1 fully saturated rings. The maximum Gasteiger partial charge on any atom is 0.410 e. The molecular formula is C25H41NO5SSi. The second-order valence-corrected chi connectivity index (χ2v) is 18.5. The normalized spacial score (nSPS) is 22.3. The van der Waals surface area contributed by atoms with E-state index >= 15 is 0 Å². The third-order valence-electron chi connectivity index (χ3n) is 6.87. The Kier molecular flexibility index (Phi) is 7.98. The van der Waals surface area contributed by atoms with Crippen molar-refractivity contribution in [2.75, 3.05) is 13.2 Å². The van der Waals surface area contributed by atoms with Gasteiger partial charge >= 0.3 is 6.09 Å². The summed E-state index contributed by atoms with van der Waals surface area (Å²) >= 11 is 0. The predicted molar refractivity (Wildman–Crippen MR) is 136 cm³/mol. The highest BCUT2D eigenvalue weighted by atomic mass is 32.2. The fraction of sp³-hybridized carbons (Fsp3) is 0.640. The number of hydrogen-bond donors (Lipinski definition) is 0. The van der Waals surface area contributed by atoms with Gasteiger partial charge in [-0.05, 0) is 63.9 Å². The van der Waals surface area contributed by atoms with E-state index in [0.717, 1.165) is 0 Å². The van der Waals surface area contributed by atoms with E-state index in [0.29, 0.717) is 6.42 Å². The summed E-state index contributed by atoms with van der Waals surface area (Å²) < 4.78 is 39.1. The van der Waals surface area contributed by atoms with E-state index in [9.17, 15) is 13.2 Å². The first-order valence-corrected chi connectivity index (χ1v) is 15.9. The monoisotopic (exact) mass is 495 g/mol. The van der Waals surface area contributed by atoms with Crippen LogP contribution < -0.4 is 0 Å². The molecule has 1 aliphatic rings. The number of benzene rings is 1. The number of sulfone groups is 1. The molecule has 1 aromatic carbocycles. The zero-order chi connectivity index (χ0) is 25.3. The largest absolute Gasteiger partial charge is 0.444 e. The number of carbonyl (C=O) groups excluding carboxylic acids is 1. The number of rotatable bonds is 7. The lowest BCUT2D eigenvalue weighted by Gasteiger charge is -2.41. The van der Waals surface area contributed by atoms with Crippen molar-refractivity contribution in [2.45, 2.75) is 93.8 Å². The number of nitrogens with zero attached hydrogens (tertiary/aromatic N) is 1. The van der Waals surface area contributed by atoms with Crippen LogP contribution in [0.3, 0.4) is 0 Å². The maximum absolute atomic E-state index is 14.1. The fourth-order valence-corrected chi connectivity index (χ4v) is 7.18. The van der Waals surface area contributed by atoms with E-state index in [-0.39, 0.29) is 29.5 Å². The molecule has 1 aliphatic heterocycles. The van der Waals surface area contributed by atoms with Gasteiger partial charge in [-0.3, -0.25) is 0 Å². The molecule has 8 heteroatoms. The maximum atomic E-state index is 14.1. The zero-order valence-corrected chi connectivity index (χ0v) is 23.3. The smallest absolute Gasteiger partial charge is 0.410 e. The SMILES string of the molecule is C=CC[C@@]1(S(=O)(=O)c2ccccc2)CCN(C(=O)OC(C)(C)C)[C@@H]1CO[Si](C)(C)C(C)(C)C. The van der Waals surface area contributed by atoms with Crippen molar-refractivity contribution in [3.63, 3.8) is 0 Å². The topological polar surface area (TPSA) is 72.9 Å². The second kappa shape index (κ2) is 9.54. The molecule has 0 bridgehead atoms. The van der Waals surface area contributed by atoms with E-state index in [1.54, 1.807) is 62.1 Å². The van der Waals surface area contributed by atoms with Gasteiger partial charge in [-0.25, -0.2) is 13.2 Å². The molecule has 1 amide bonds. The van der Waals surface area contributed by atoms with Gasteiger partial charge in [-0.1, -0.05) is 45.0 Å². The summed E-state index contributed by atoms with van der Waals surface area (Å²) in [5.74, 6) is 0. The Morgan fingerprint density at radius 1 is 1.18 bits per heavy atom. The molecule has 1 aromatic rings. The molecule has 0 unspecified atom stereocenters. The number of ether oxygens (including phenoxy) is 1. The average Bonchev–Trinajstić information content (AvgIpc) is 3.05. The minimum atomic E-state index is -3.81. The minimum absolute atomic E-state index is 0.0538. The molecule has 1 heterocycles. The first kappa shape index (κ1) is 27.6. The third kappa shape index (κ3) is 5.71. The molecule has 6 nitrogen and oxygen atoms in total. The Bertz CT molecular complexity index is 947. The Morgan fingerprint density at radius 3 is 2.24 bits per heavy atom. The van der Waals surface area contributed by atoms with Crippen LogP contribution in [0.4, 0.5) is 4.79 Å². The predicted octanol–water partition coefficient (Wildman–Crippen LogP) is 5.81. The van der Waals surface area contributed by atoms with E-state index in [2.05, 4.69) is 40.4 Å². The summed E-state index contributed by atoms with van der Waals surface area (Å²) in [7, 11) is -6.02. The van der Waals surface area contributed by atoms with Gasteiger partial charge in [0.15, 0.2) is 18.2 Å². The van der Waals surface area contributed by atoms with Gasteiger partial charge in [0.2, 0.25) is 0 Å². The Balaban J connectivity index is 2.58. The molecule has 33 heavy (non-hydrogen) atoms. The Hall–Kier alpha value is -1.64. The van der Waals surface area contributed by atoms with Gasteiger partial charge in [0.05, 0.1) is 17.5 Å². The summed E-state index contributed by atoms with van der Waals surface area (Å²) in [4.78, 5) is 15.0. The molecule has 1 saturated heterocycles. The van der Waals surface area contributed by atoms with E-state index in [1.807, 2.05) is 0 Å². The quantitative estimate of drug-likeness (QED) is 0.353. The van der Waals surface area contributed by atoms with Crippen LogP contribution >= 0.6 is 0 Å². The fourth-order valence-electron chi connectivity index (χ4n) is 3.94. The summed E-state index contributed by atoms with van der Waals surface area (Å²) in [5.41, 5.74) is -0.691. The molecular weight excluding hydrogens is 454 g/mol. The van der Waals surface area contributed by atoms with Crippen molar-refractivity contribution in [1.82, 2.24) is 4.90 Å². The number of hydrogen-bond acceptors (Lipinski definition) is 5. The van der Waals surface area contributed by atoms with Gasteiger partial charge in [-0.2, -0.15) is 0 Å². The molecule has 0 aromatic heterocycles. The lowest BCUT2D eigenvalue weighted by molar-refractivity contribution is 0.0162. The second-order valence-electron chi connectivity index (χ2n) is 11.4. The minimum Gasteiger partial charge on any atom is -0.444 e. The molecule has 186 valence electrons. The summed E-state index contributed by atoms with van der Waals surface area (Å²) in [6.07, 6.45) is 1.63. The van der Waals surface area contributed by atoms with Crippen LogP contribution in [0, 0.1) is 0 Å². The molecule has 0 spiro atoms. The number of carbonyl (C=O) groups is 1. The van der Waals surface area contributed by atoms with Crippen molar-refractivity contribution in [1.29, 1.82) is 0 Å². The van der Waals surface area contributed by atoms with Gasteiger partial charge in [0.25, 0.3) is 0 Å². The molecule has 0 N–H and O–H groups in total. The average molecular weight is 496 g/mol. The van der Waals surface area contributed by atoms with Crippen molar-refractivity contribution in [3.05, 3.63) is 43.0 Å². The van der Waals surface area contributed by atoms with Crippen LogP contribution in [0.5, 0.6) is 0 Å². The van der Waals surface area contributed by atoms with Crippen molar-refractivity contribution in [3.8, 4) is 0 Å². The first-order chi connectivity index (χ1) is 15.0. The lowest BCUT2D eigenvalue weighted by Crippen LogP contribution is -2.56. The zero-order valence-electron chi connectivity index (χ0n) is 21.5. The van der Waals surface area contributed by atoms with E-state index < -0.39 is 40.6 Å². The molecule has 0 saturated carbocycles. The van der Waals surface area contributed by atoms with Crippen LogP contribution in [0.1, 0.15) is 54.4 Å². The number of likely N-dealkylation sites (tertiary alicyclic amines) is 1. The lowest BCUT2D eigenvalue weighted by atomic mass is 9.96. The molecule has 2 rings (SSSR count). The highest BCUT2D eigenvalue weighted by Crippen LogP contribution is 2.45. The first-order valence-electron chi connectivity index (χ1n) is 11.5. The highest BCUT2D eigenvalue weighted by molar-refractivity contribution is 7.93. The Morgan fingerprint density at radius 2 is 1.76 bits per heavy atom. The van der Waals surface area contributed by atoms with Crippen LogP contribution in [-0.4, -0.2) is 57.3 Å². The van der Waals surface area contributed by atoms with Crippen molar-refractivity contribution >= 4 is 24.2 Å². The third-order valence-corrected chi connectivity index (χ3v) is 14.0. The summed E-state index contributed by atoms with van der Waals surface area (Å²) in [6, 6.07) is 7.76. The molecule has 0 radical (unpaired) electrons. The Labute approximate surface area is 201 Å². The highest BCUT2D eigenvalue weighted by Gasteiger charge is 2.58. The van der Waals surface area contributed by atoms with Gasteiger partial charge < -0.3 is 14.1 Å². The van der Waals surface area contributed by atoms with E-state index in [4.69, 9.17) is 9.16 Å². The van der Waals surface area contributed by atoms with Crippen molar-refractivity contribution < 1.29 is 22.4 Å². The van der Waals surface area contributed by atoms with Gasteiger partial charge in [0.1, 0.15) is 10.3 Å². The van der Waals surface area contributed by atoms with Crippen molar-refractivity contribution in [2.24, 2.45) is 0 Å². The number of allylic oxidation sites excluding steroid dienone is 1. The summed E-state index contributed by atoms with van der Waals surface area (Å²) in [6.45, 7) is 20.3. The summed E-state index contributed by atoms with van der Waals surface area (Å²) in [5, 5.41) is -0.0538. The van der Waals surface area contributed by atoms with Gasteiger partial charge in [-0.15, -0.1) is 6.58 Å². The van der Waals surface area contributed by atoms with Crippen LogP contribution in [0.25, 0.3) is 0 Å². The van der Waals surface area contributed by atoms with E-state index in [1.165, 1.54) is 0 Å². The van der Waals surface area contributed by atoms with Gasteiger partial charge in [0, 0.05) is 6.54 Å². The molecule has 2 atom stereocenters. The van der Waals surface area contributed by atoms with Crippen LogP contribution in [0.2, 0.25) is 18.1 Å². The van der Waals surface area contributed by atoms with Crippen LogP contribution in [-0.2, 0) is 19.0 Å². The number of amides is 1. The standard InChI is InChI=1S/C25H41NO5SSi/c1-10-16-25(32(28,29)20-14-12-11-13-15-20)17-18-26(22(27)31-23(2,3)4)21(25)19-30-33(8,9)24(5,6)7/h10-15,21H,1,16-19H2,2-9H3/t21-,25-/m1/s1. The van der Waals surface area contributed by atoms with Crippen LogP contribution in [0.15, 0.2) is 47.9 Å². The molecule has 0 aliphatic carbocycles.